The molecule has 16 heteroatoms. The molecule has 4 N–H and O–H groups in total. The molecule has 1 saturated heterocycles. The second-order valence-electron chi connectivity index (χ2n) is 14.6. The van der Waals surface area contributed by atoms with E-state index in [1.54, 1.807) is 19.1 Å². The summed E-state index contributed by atoms with van der Waals surface area (Å²) in [6.07, 6.45) is 5.13. The lowest BCUT2D eigenvalue weighted by Crippen LogP contribution is -2.39. The predicted octanol–water partition coefficient (Wildman–Crippen LogP) is 5.13. The smallest absolute Gasteiger partial charge is 0.323 e. The summed E-state index contributed by atoms with van der Waals surface area (Å²) < 4.78 is 48.1. The average molecular weight is 854 g/mol. The van der Waals surface area contributed by atoms with Crippen LogP contribution in [-0.4, -0.2) is 104 Å². The van der Waals surface area contributed by atoms with Gasteiger partial charge in [0.25, 0.3) is 0 Å². The number of nitrogens with zero attached hydrogens (tertiary/aromatic N) is 2. The van der Waals surface area contributed by atoms with Crippen LogP contribution >= 0.6 is 11.6 Å². The minimum absolute atomic E-state index is 0.0153. The maximum Gasteiger partial charge on any atom is 0.323 e. The van der Waals surface area contributed by atoms with E-state index in [0.29, 0.717) is 48.7 Å². The third kappa shape index (κ3) is 11.5. The van der Waals surface area contributed by atoms with Crippen molar-refractivity contribution in [1.29, 1.82) is 0 Å². The van der Waals surface area contributed by atoms with E-state index in [9.17, 15) is 33.3 Å². The first kappa shape index (κ1) is 45.3. The van der Waals surface area contributed by atoms with E-state index < -0.39 is 33.9 Å². The van der Waals surface area contributed by atoms with Gasteiger partial charge in [-0.15, -0.1) is 0 Å². The van der Waals surface area contributed by atoms with Crippen molar-refractivity contribution in [3.05, 3.63) is 99.8 Å². The van der Waals surface area contributed by atoms with Crippen molar-refractivity contribution >= 4 is 33.4 Å². The van der Waals surface area contributed by atoms with Gasteiger partial charge in [-0.25, -0.2) is 8.42 Å². The van der Waals surface area contributed by atoms with Crippen LogP contribution < -0.4 is 19.5 Å². The molecule has 59 heavy (non-hydrogen) atoms. The highest BCUT2D eigenvalue weighted by Gasteiger charge is 2.45. The van der Waals surface area contributed by atoms with Crippen LogP contribution in [0.3, 0.4) is 0 Å². The van der Waals surface area contributed by atoms with E-state index in [1.807, 2.05) is 50.2 Å². The number of halogens is 1. The van der Waals surface area contributed by atoms with Crippen LogP contribution in [0.1, 0.15) is 47.6 Å². The molecule has 3 aromatic carbocycles. The van der Waals surface area contributed by atoms with E-state index in [2.05, 4.69) is 15.2 Å². The number of sulfone groups is 1. The number of rotatable bonds is 21. The number of pyridine rings is 1. The maximum atomic E-state index is 12.5. The summed E-state index contributed by atoms with van der Waals surface area (Å²) in [5, 5.41) is 32.0. The number of aliphatic carboxylic acids is 1. The van der Waals surface area contributed by atoms with Crippen molar-refractivity contribution < 1.29 is 52.3 Å². The Morgan fingerprint density at radius 1 is 0.949 bits per heavy atom. The number of hydrogen-bond donors (Lipinski definition) is 4. The number of benzene rings is 3. The van der Waals surface area contributed by atoms with Crippen LogP contribution in [0.2, 0.25) is 5.02 Å². The van der Waals surface area contributed by atoms with E-state index in [-0.39, 0.29) is 48.9 Å². The molecule has 0 aliphatic carbocycles. The van der Waals surface area contributed by atoms with Crippen LogP contribution in [0.4, 0.5) is 0 Å². The second kappa shape index (κ2) is 20.5. The number of hydrogen-bond acceptors (Lipinski definition) is 13. The molecule has 1 aliphatic rings. The van der Waals surface area contributed by atoms with Gasteiger partial charge in [-0.3, -0.25) is 19.9 Å². The quantitative estimate of drug-likeness (QED) is 0.0637. The summed E-state index contributed by atoms with van der Waals surface area (Å²) in [6, 6.07) is 15.3. The van der Waals surface area contributed by atoms with Crippen molar-refractivity contribution in [2.45, 2.75) is 64.3 Å². The lowest BCUT2D eigenvalue weighted by molar-refractivity contribution is -0.157. The van der Waals surface area contributed by atoms with Gasteiger partial charge < -0.3 is 39.2 Å². The fourth-order valence-corrected chi connectivity index (χ4v) is 7.80. The molecule has 0 saturated carbocycles. The lowest BCUT2D eigenvalue weighted by Gasteiger charge is -2.24. The number of carbonyl (C=O) groups excluding carboxylic acids is 1. The van der Waals surface area contributed by atoms with Crippen LogP contribution in [0.5, 0.6) is 17.2 Å². The van der Waals surface area contributed by atoms with Gasteiger partial charge in [-0.1, -0.05) is 41.9 Å². The Hall–Kier alpha value is -4.77. The Kier molecular flexibility index (Phi) is 15.7. The van der Waals surface area contributed by atoms with Crippen molar-refractivity contribution in [3.8, 4) is 28.4 Å². The van der Waals surface area contributed by atoms with Crippen LogP contribution in [0.25, 0.3) is 11.1 Å². The Bertz CT molecular complexity index is 2220. The zero-order chi connectivity index (χ0) is 42.7. The van der Waals surface area contributed by atoms with E-state index in [4.69, 9.17) is 30.5 Å². The fourth-order valence-electron chi connectivity index (χ4n) is 6.94. The van der Waals surface area contributed by atoms with Crippen LogP contribution in [0.15, 0.2) is 71.9 Å². The minimum Gasteiger partial charge on any atom is -0.493 e. The maximum absolute atomic E-state index is 12.5. The van der Waals surface area contributed by atoms with Gasteiger partial charge in [0.05, 0.1) is 36.3 Å². The largest absolute Gasteiger partial charge is 0.493 e. The highest BCUT2D eigenvalue weighted by atomic mass is 35.5. The van der Waals surface area contributed by atoms with Crippen molar-refractivity contribution in [3.63, 3.8) is 0 Å². The molecule has 2 heterocycles. The van der Waals surface area contributed by atoms with Gasteiger partial charge in [0.1, 0.15) is 41.9 Å². The molecule has 2 atom stereocenters. The molecule has 5 rings (SSSR count). The molecule has 0 amide bonds. The average Bonchev–Trinajstić information content (AvgIpc) is 3.64. The Labute approximate surface area is 350 Å². The molecule has 2 unspecified atom stereocenters. The van der Waals surface area contributed by atoms with Crippen LogP contribution in [0, 0.1) is 19.3 Å². The van der Waals surface area contributed by atoms with Crippen molar-refractivity contribution in [2.24, 2.45) is 5.41 Å². The SMILES string of the molecule is CCOC(=O)C1(CO)CCN(CCCOc2cccc(-c3cccc(COc4cc(OCc5cncc(S(C)(=O)=O)c5)c(CNC(CO)C(=O)O)cc4Cl)c3C)c2C)C1. The number of carbonyl (C=O) groups is 2. The Balaban J connectivity index is 1.28. The number of esters is 1. The summed E-state index contributed by atoms with van der Waals surface area (Å²) in [4.78, 5) is 30.3. The summed E-state index contributed by atoms with van der Waals surface area (Å²) in [6.45, 7) is 7.67. The number of carboxylic acids is 1. The van der Waals surface area contributed by atoms with Gasteiger partial charge in [-0.2, -0.15) is 0 Å². The molecular formula is C43H52ClN3O11S. The normalized spacial score (nSPS) is 16.1. The predicted molar refractivity (Wildman–Crippen MR) is 221 cm³/mol. The monoisotopic (exact) mass is 853 g/mol. The van der Waals surface area contributed by atoms with Gasteiger partial charge in [-0.05, 0) is 86.2 Å². The summed E-state index contributed by atoms with van der Waals surface area (Å²) >= 11 is 6.71. The zero-order valence-electron chi connectivity index (χ0n) is 33.7. The second-order valence-corrected chi connectivity index (χ2v) is 17.1. The fraction of sp³-hybridized carbons (Fsp3) is 0.419. The molecule has 4 aromatic rings. The molecule has 1 aliphatic heterocycles. The number of carboxylic acid groups (broad SMARTS) is 1. The first-order chi connectivity index (χ1) is 28.2. The molecule has 0 radical (unpaired) electrons. The van der Waals surface area contributed by atoms with E-state index in [0.717, 1.165) is 52.8 Å². The number of ether oxygens (including phenoxy) is 4. The van der Waals surface area contributed by atoms with Gasteiger partial charge in [0.15, 0.2) is 9.84 Å². The Morgan fingerprint density at radius 3 is 2.37 bits per heavy atom. The van der Waals surface area contributed by atoms with Gasteiger partial charge >= 0.3 is 11.9 Å². The van der Waals surface area contributed by atoms with E-state index in [1.165, 1.54) is 18.5 Å². The number of aromatic nitrogens is 1. The minimum atomic E-state index is -3.51. The lowest BCUT2D eigenvalue weighted by atomic mass is 9.88. The number of likely N-dealkylation sites (tertiary alicyclic amines) is 1. The number of nitrogens with one attached hydrogen (secondary N) is 1. The molecule has 14 nitrogen and oxygen atoms in total. The molecule has 0 spiro atoms. The van der Waals surface area contributed by atoms with Gasteiger partial charge in [0, 0.05) is 55.5 Å². The third-order valence-corrected chi connectivity index (χ3v) is 11.8. The first-order valence-electron chi connectivity index (χ1n) is 19.3. The van der Waals surface area contributed by atoms with Crippen molar-refractivity contribution in [1.82, 2.24) is 15.2 Å². The highest BCUT2D eigenvalue weighted by Crippen LogP contribution is 2.37. The zero-order valence-corrected chi connectivity index (χ0v) is 35.3. The molecular weight excluding hydrogens is 802 g/mol. The standard InChI is InChI=1S/C43H52ClN3O11S/c1-5-55-42(52)43(27-49)13-15-47(26-43)14-8-16-56-38-12-7-11-35(29(38)3)34-10-6-9-31(28(34)2)25-58-40-19-39(32(18-36(40)44)21-46-37(23-48)41(50)51)57-24-30-17-33(22-45-20-30)59(4,53)54/h6-7,9-12,17-20,22,37,46,48-49H,5,8,13-16,21,23-27H2,1-4H3,(H,50,51). The van der Waals surface area contributed by atoms with Crippen LogP contribution in [-0.2, 0) is 43.9 Å². The third-order valence-electron chi connectivity index (χ3n) is 10.5. The summed E-state index contributed by atoms with van der Waals surface area (Å²) in [7, 11) is -3.51. The summed E-state index contributed by atoms with van der Waals surface area (Å²) in [5.41, 5.74) is 5.00. The van der Waals surface area contributed by atoms with E-state index >= 15 is 0 Å². The van der Waals surface area contributed by atoms with Gasteiger partial charge in [0.2, 0.25) is 0 Å². The molecule has 1 fully saturated rings. The number of aliphatic hydroxyl groups excluding tert-OH is 2. The summed E-state index contributed by atoms with van der Waals surface area (Å²) in [5.74, 6) is -0.195. The molecule has 1 aromatic heterocycles. The molecule has 0 bridgehead atoms. The number of aliphatic hydroxyl groups is 2. The highest BCUT2D eigenvalue weighted by molar-refractivity contribution is 7.90. The molecule has 318 valence electrons. The first-order valence-corrected chi connectivity index (χ1v) is 21.6. The van der Waals surface area contributed by atoms with Crippen molar-refractivity contribution in [2.75, 3.05) is 52.3 Å². The topological polar surface area (TPSA) is 194 Å². The Morgan fingerprint density at radius 2 is 1.68 bits per heavy atom.